The maximum absolute atomic E-state index is 12.4. The van der Waals surface area contributed by atoms with E-state index in [1.165, 1.54) is 16.5 Å². The molecule has 0 saturated carbocycles. The molecule has 0 aliphatic carbocycles. The highest BCUT2D eigenvalue weighted by molar-refractivity contribution is 7.80. The average molecular weight is 531 g/mol. The number of carbonyl (C=O) groups is 1. The predicted octanol–water partition coefficient (Wildman–Crippen LogP) is 4.08. The Hall–Kier alpha value is -3.27. The van der Waals surface area contributed by atoms with Crippen LogP contribution in [0.15, 0.2) is 60.2 Å². The van der Waals surface area contributed by atoms with E-state index < -0.39 is 0 Å². The first-order valence-electron chi connectivity index (χ1n) is 12.7. The molecule has 0 atom stereocenters. The number of rotatable bonds is 7. The second kappa shape index (κ2) is 10.2. The van der Waals surface area contributed by atoms with Gasteiger partial charge >= 0.3 is 0 Å². The number of nitrogens with one attached hydrogen (secondary N) is 2. The Morgan fingerprint density at radius 2 is 2.03 bits per heavy atom. The zero-order valence-corrected chi connectivity index (χ0v) is 22.2. The molecule has 0 spiro atoms. The second-order valence-electron chi connectivity index (χ2n) is 9.85. The van der Waals surface area contributed by atoms with Gasteiger partial charge in [0.05, 0.1) is 5.92 Å². The first-order chi connectivity index (χ1) is 18.1. The van der Waals surface area contributed by atoms with Crippen LogP contribution in [-0.2, 0) is 11.3 Å². The summed E-state index contributed by atoms with van der Waals surface area (Å²) in [5.41, 5.74) is 11.4. The van der Waals surface area contributed by atoms with Gasteiger partial charge < -0.3 is 25.8 Å². The van der Waals surface area contributed by atoms with Crippen molar-refractivity contribution < 1.29 is 4.79 Å². The maximum atomic E-state index is 12.4. The third kappa shape index (κ3) is 4.86. The number of thiazole rings is 1. The first kappa shape index (κ1) is 24.1. The molecule has 2 fully saturated rings. The summed E-state index contributed by atoms with van der Waals surface area (Å²) in [6.45, 7) is 4.03. The zero-order valence-electron chi connectivity index (χ0n) is 20.5. The third-order valence-corrected chi connectivity index (χ3v) is 8.59. The summed E-state index contributed by atoms with van der Waals surface area (Å²) < 4.78 is 2.44. The standard InChI is InChI=1S/C28H30N6OS2/c29-26(36)20-3-1-2-19(13-20)24-17-34(22-6-9-33(10-7-22)28-31-8-11-37-28)25-12-18(4-5-23(24)25)14-32-27(35)21-15-30-16-21/h1-5,8,11-13,17,21-22,30H,6-7,9-10,14-16H2,(H2,29,36)(H,32,35). The minimum atomic E-state index is 0.0862. The minimum absolute atomic E-state index is 0.0862. The fraction of sp³-hybridized carbons (Fsp3) is 0.321. The Morgan fingerprint density at radius 3 is 2.73 bits per heavy atom. The summed E-state index contributed by atoms with van der Waals surface area (Å²) in [7, 11) is 0. The molecule has 0 radical (unpaired) electrons. The molecule has 6 rings (SSSR count). The summed E-state index contributed by atoms with van der Waals surface area (Å²) in [6, 6.07) is 15.1. The number of piperidine rings is 1. The number of fused-ring (bicyclic) bond motifs is 1. The van der Waals surface area contributed by atoms with Gasteiger partial charge in [-0.2, -0.15) is 0 Å². The van der Waals surface area contributed by atoms with Crippen LogP contribution in [0.3, 0.4) is 0 Å². The molecule has 4 heterocycles. The van der Waals surface area contributed by atoms with Crippen molar-refractivity contribution in [3.8, 4) is 11.1 Å². The van der Waals surface area contributed by atoms with Crippen molar-refractivity contribution in [2.45, 2.75) is 25.4 Å². The van der Waals surface area contributed by atoms with E-state index in [1.807, 2.05) is 23.7 Å². The van der Waals surface area contributed by atoms with Gasteiger partial charge in [-0.05, 0) is 36.1 Å². The molecule has 2 aromatic carbocycles. The van der Waals surface area contributed by atoms with Crippen molar-refractivity contribution in [2.24, 2.45) is 11.7 Å². The lowest BCUT2D eigenvalue weighted by Crippen LogP contribution is -2.50. The van der Waals surface area contributed by atoms with Crippen LogP contribution in [-0.4, -0.2) is 46.6 Å². The average Bonchev–Trinajstić information content (AvgIpc) is 3.55. The molecule has 1 amide bonds. The van der Waals surface area contributed by atoms with Gasteiger partial charge in [0.15, 0.2) is 5.13 Å². The van der Waals surface area contributed by atoms with E-state index in [2.05, 4.69) is 61.6 Å². The molecule has 2 aliphatic rings. The van der Waals surface area contributed by atoms with Crippen molar-refractivity contribution in [1.82, 2.24) is 20.2 Å². The highest BCUT2D eigenvalue weighted by atomic mass is 32.1. The van der Waals surface area contributed by atoms with Gasteiger partial charge in [0, 0.05) is 78.6 Å². The summed E-state index contributed by atoms with van der Waals surface area (Å²) in [6.07, 6.45) is 6.26. The highest BCUT2D eigenvalue weighted by Crippen LogP contribution is 2.37. The van der Waals surface area contributed by atoms with E-state index in [4.69, 9.17) is 18.0 Å². The second-order valence-corrected chi connectivity index (χ2v) is 11.2. The lowest BCUT2D eigenvalue weighted by atomic mass is 10.0. The van der Waals surface area contributed by atoms with E-state index in [0.717, 1.165) is 60.8 Å². The van der Waals surface area contributed by atoms with Gasteiger partial charge in [-0.1, -0.05) is 42.5 Å². The number of aromatic nitrogens is 2. The van der Waals surface area contributed by atoms with Crippen LogP contribution in [0.25, 0.3) is 22.0 Å². The Labute approximate surface area is 225 Å². The number of thiocarbonyl (C=S) groups is 1. The summed E-state index contributed by atoms with van der Waals surface area (Å²) in [5.74, 6) is 0.210. The number of anilines is 1. The van der Waals surface area contributed by atoms with Gasteiger partial charge in [-0.15, -0.1) is 11.3 Å². The highest BCUT2D eigenvalue weighted by Gasteiger charge is 2.26. The van der Waals surface area contributed by atoms with Gasteiger partial charge in [0.2, 0.25) is 5.91 Å². The molecule has 2 aliphatic heterocycles. The van der Waals surface area contributed by atoms with Crippen LogP contribution < -0.4 is 21.3 Å². The molecule has 9 heteroatoms. The molecule has 4 aromatic rings. The predicted molar refractivity (Wildman–Crippen MR) is 154 cm³/mol. The largest absolute Gasteiger partial charge is 0.389 e. The molecule has 2 aromatic heterocycles. The van der Waals surface area contributed by atoms with Crippen molar-refractivity contribution in [1.29, 1.82) is 0 Å². The van der Waals surface area contributed by atoms with Gasteiger partial charge in [0.25, 0.3) is 0 Å². The number of benzene rings is 2. The quantitative estimate of drug-likeness (QED) is 0.312. The minimum Gasteiger partial charge on any atom is -0.389 e. The Balaban J connectivity index is 1.33. The van der Waals surface area contributed by atoms with Crippen LogP contribution in [0, 0.1) is 5.92 Å². The summed E-state index contributed by atoms with van der Waals surface area (Å²) in [5, 5.41) is 10.6. The van der Waals surface area contributed by atoms with E-state index in [-0.39, 0.29) is 11.8 Å². The lowest BCUT2D eigenvalue weighted by molar-refractivity contribution is -0.126. The molecule has 190 valence electrons. The van der Waals surface area contributed by atoms with Gasteiger partial charge in [-0.3, -0.25) is 4.79 Å². The third-order valence-electron chi connectivity index (χ3n) is 7.52. The zero-order chi connectivity index (χ0) is 25.4. The lowest BCUT2D eigenvalue weighted by Gasteiger charge is -2.33. The number of nitrogens with zero attached hydrogens (tertiary/aromatic N) is 3. The number of amides is 1. The van der Waals surface area contributed by atoms with Gasteiger partial charge in [-0.25, -0.2) is 4.98 Å². The van der Waals surface area contributed by atoms with Gasteiger partial charge in [0.1, 0.15) is 4.99 Å². The van der Waals surface area contributed by atoms with E-state index in [1.54, 1.807) is 11.3 Å². The first-order valence-corrected chi connectivity index (χ1v) is 14.0. The van der Waals surface area contributed by atoms with E-state index in [9.17, 15) is 4.79 Å². The fourth-order valence-corrected chi connectivity index (χ4v) is 6.12. The maximum Gasteiger partial charge on any atom is 0.225 e. The smallest absolute Gasteiger partial charge is 0.225 e. The van der Waals surface area contributed by atoms with Crippen molar-refractivity contribution >= 4 is 50.5 Å². The van der Waals surface area contributed by atoms with E-state index in [0.29, 0.717) is 17.6 Å². The van der Waals surface area contributed by atoms with Crippen molar-refractivity contribution in [3.05, 3.63) is 71.4 Å². The molecule has 37 heavy (non-hydrogen) atoms. The number of hydrogen-bond acceptors (Lipinski definition) is 6. The molecule has 7 nitrogen and oxygen atoms in total. The molecular weight excluding hydrogens is 500 g/mol. The topological polar surface area (TPSA) is 88.2 Å². The van der Waals surface area contributed by atoms with Crippen molar-refractivity contribution in [2.75, 3.05) is 31.1 Å². The molecule has 0 unspecified atom stereocenters. The fourth-order valence-electron chi connectivity index (χ4n) is 5.29. The van der Waals surface area contributed by atoms with Crippen LogP contribution >= 0.6 is 23.6 Å². The number of hydrogen-bond donors (Lipinski definition) is 3. The monoisotopic (exact) mass is 530 g/mol. The Bertz CT molecular complexity index is 1430. The van der Waals surface area contributed by atoms with Crippen LogP contribution in [0.1, 0.15) is 30.0 Å². The molecular formula is C28H30N6OS2. The van der Waals surface area contributed by atoms with E-state index >= 15 is 0 Å². The Morgan fingerprint density at radius 1 is 1.19 bits per heavy atom. The molecule has 2 saturated heterocycles. The van der Waals surface area contributed by atoms with Crippen LogP contribution in [0.4, 0.5) is 5.13 Å². The number of carbonyl (C=O) groups excluding carboxylic acids is 1. The number of nitrogens with two attached hydrogens (primary N) is 1. The summed E-state index contributed by atoms with van der Waals surface area (Å²) >= 11 is 6.94. The van der Waals surface area contributed by atoms with Crippen LogP contribution in [0.5, 0.6) is 0 Å². The summed E-state index contributed by atoms with van der Waals surface area (Å²) in [4.78, 5) is 19.7. The molecule has 4 N–H and O–H groups in total. The van der Waals surface area contributed by atoms with Crippen LogP contribution in [0.2, 0.25) is 0 Å². The Kier molecular flexibility index (Phi) is 6.67. The van der Waals surface area contributed by atoms with Crippen molar-refractivity contribution in [3.63, 3.8) is 0 Å². The normalized spacial score (nSPS) is 16.6. The SMILES string of the molecule is NC(=S)c1cccc(-c2cn(C3CCN(c4nccs4)CC3)c3cc(CNC(=O)C4CNC4)ccc23)c1. The molecule has 0 bridgehead atoms.